The molecule has 0 nitrogen and oxygen atoms in total. The van der Waals surface area contributed by atoms with Crippen molar-refractivity contribution >= 4 is 0 Å². The van der Waals surface area contributed by atoms with E-state index in [9.17, 15) is 0 Å². The average Bonchev–Trinajstić information content (AvgIpc) is 2.51. The molecule has 0 spiro atoms. The average molecular weight is 323 g/mol. The van der Waals surface area contributed by atoms with Crippen LogP contribution in [0.2, 0.25) is 0 Å². The zero-order chi connectivity index (χ0) is 16.6. The maximum atomic E-state index is 2.34. The first-order valence-electron chi connectivity index (χ1n) is 11.4. The second-order valence-corrected chi connectivity index (χ2v) is 8.35. The van der Waals surface area contributed by atoms with Crippen LogP contribution in [0.5, 0.6) is 0 Å². The third kappa shape index (κ3) is 12.1. The van der Waals surface area contributed by atoms with Crippen molar-refractivity contribution in [3.63, 3.8) is 0 Å². The molecule has 138 valence electrons. The minimum absolute atomic E-state index is 1.05. The van der Waals surface area contributed by atoms with E-state index in [0.29, 0.717) is 0 Å². The molecule has 1 unspecified atom stereocenters. The zero-order valence-electron chi connectivity index (χ0n) is 16.6. The van der Waals surface area contributed by atoms with E-state index in [-0.39, 0.29) is 0 Å². The number of rotatable bonds is 17. The molecule has 1 atom stereocenters. The molecular weight excluding hydrogens is 276 g/mol. The highest BCUT2D eigenvalue weighted by Crippen LogP contribution is 2.32. The topological polar surface area (TPSA) is 0 Å². The second-order valence-electron chi connectivity index (χ2n) is 8.35. The monoisotopic (exact) mass is 322 g/mol. The van der Waals surface area contributed by atoms with Gasteiger partial charge in [-0.25, -0.2) is 0 Å². The summed E-state index contributed by atoms with van der Waals surface area (Å²) in [7, 11) is 0. The Morgan fingerprint density at radius 2 is 1.09 bits per heavy atom. The quantitative estimate of drug-likeness (QED) is 0.235. The van der Waals surface area contributed by atoms with Crippen LogP contribution in [0.3, 0.4) is 0 Å². The van der Waals surface area contributed by atoms with Crippen molar-refractivity contribution in [1.82, 2.24) is 0 Å². The number of unbranched alkanes of at least 4 members (excludes halogenated alkanes) is 9. The highest BCUT2D eigenvalue weighted by atomic mass is 14.2. The Kier molecular flexibility index (Phi) is 14.2. The van der Waals surface area contributed by atoms with Gasteiger partial charge in [-0.2, -0.15) is 0 Å². The molecule has 1 saturated carbocycles. The molecule has 1 fully saturated rings. The van der Waals surface area contributed by atoms with Crippen LogP contribution in [0.4, 0.5) is 0 Å². The molecule has 0 aromatic carbocycles. The third-order valence-electron chi connectivity index (χ3n) is 6.13. The first-order chi connectivity index (χ1) is 11.4. The van der Waals surface area contributed by atoms with Gasteiger partial charge in [0.1, 0.15) is 0 Å². The van der Waals surface area contributed by atoms with E-state index >= 15 is 0 Å². The Bertz CT molecular complexity index is 228. The van der Waals surface area contributed by atoms with Gasteiger partial charge in [-0.15, -0.1) is 0 Å². The van der Waals surface area contributed by atoms with Crippen LogP contribution in [-0.2, 0) is 0 Å². The zero-order valence-corrected chi connectivity index (χ0v) is 16.6. The molecule has 1 aliphatic rings. The summed E-state index contributed by atoms with van der Waals surface area (Å²) in [4.78, 5) is 0. The van der Waals surface area contributed by atoms with Crippen molar-refractivity contribution in [1.29, 1.82) is 0 Å². The minimum atomic E-state index is 1.05. The van der Waals surface area contributed by atoms with Crippen LogP contribution in [0, 0.1) is 11.8 Å². The summed E-state index contributed by atoms with van der Waals surface area (Å²) < 4.78 is 0. The molecule has 0 N–H and O–H groups in total. The van der Waals surface area contributed by atoms with E-state index in [4.69, 9.17) is 0 Å². The lowest BCUT2D eigenvalue weighted by Gasteiger charge is -2.25. The van der Waals surface area contributed by atoms with E-state index in [1.807, 2.05) is 0 Å². The SMILES string of the molecule is CCCCCCCCCC(CCCCC)CCCCC1CCC1. The van der Waals surface area contributed by atoms with Gasteiger partial charge in [-0.05, 0) is 11.8 Å². The van der Waals surface area contributed by atoms with Crippen LogP contribution >= 0.6 is 0 Å². The molecule has 0 heteroatoms. The van der Waals surface area contributed by atoms with Gasteiger partial charge in [0, 0.05) is 0 Å². The smallest absolute Gasteiger partial charge is 0.0414 e. The highest BCUT2D eigenvalue weighted by Gasteiger charge is 2.16. The van der Waals surface area contributed by atoms with Crippen LogP contribution in [0.15, 0.2) is 0 Å². The van der Waals surface area contributed by atoms with Crippen molar-refractivity contribution in [3.8, 4) is 0 Å². The molecule has 1 aliphatic carbocycles. The van der Waals surface area contributed by atoms with Crippen LogP contribution in [0.25, 0.3) is 0 Å². The number of hydrogen-bond acceptors (Lipinski definition) is 0. The predicted octanol–water partition coefficient (Wildman–Crippen LogP) is 8.68. The van der Waals surface area contributed by atoms with Gasteiger partial charge < -0.3 is 0 Å². The maximum absolute atomic E-state index is 2.34. The Morgan fingerprint density at radius 3 is 1.65 bits per heavy atom. The largest absolute Gasteiger partial charge is 0.0654 e. The van der Waals surface area contributed by atoms with Gasteiger partial charge in [0.05, 0.1) is 0 Å². The van der Waals surface area contributed by atoms with Crippen LogP contribution in [0.1, 0.15) is 136 Å². The molecule has 0 aromatic rings. The van der Waals surface area contributed by atoms with Crippen molar-refractivity contribution in [2.75, 3.05) is 0 Å². The van der Waals surface area contributed by atoms with Crippen molar-refractivity contribution < 1.29 is 0 Å². The van der Waals surface area contributed by atoms with E-state index in [0.717, 1.165) is 11.8 Å². The van der Waals surface area contributed by atoms with Gasteiger partial charge in [0.15, 0.2) is 0 Å². The van der Waals surface area contributed by atoms with E-state index < -0.39 is 0 Å². The lowest BCUT2D eigenvalue weighted by Crippen LogP contribution is -2.10. The normalized spacial score (nSPS) is 16.4. The lowest BCUT2D eigenvalue weighted by atomic mass is 9.81. The van der Waals surface area contributed by atoms with Gasteiger partial charge in [-0.3, -0.25) is 0 Å². The Hall–Kier alpha value is 0. The standard InChI is InChI=1S/C23H46/c1-3-5-7-8-9-10-12-17-22(16-11-6-4-2)18-13-14-19-23-20-15-21-23/h22-23H,3-21H2,1-2H3. The molecule has 0 aromatic heterocycles. The minimum Gasteiger partial charge on any atom is -0.0654 e. The van der Waals surface area contributed by atoms with Crippen molar-refractivity contribution in [3.05, 3.63) is 0 Å². The summed E-state index contributed by atoms with van der Waals surface area (Å²) in [5.41, 5.74) is 0. The molecule has 0 bridgehead atoms. The molecular formula is C23H46. The molecule has 1 rings (SSSR count). The third-order valence-corrected chi connectivity index (χ3v) is 6.13. The second kappa shape index (κ2) is 15.5. The van der Waals surface area contributed by atoms with Gasteiger partial charge in [0.2, 0.25) is 0 Å². The van der Waals surface area contributed by atoms with Gasteiger partial charge in [0.25, 0.3) is 0 Å². The molecule has 0 saturated heterocycles. The Labute approximate surface area is 148 Å². The van der Waals surface area contributed by atoms with Crippen molar-refractivity contribution in [2.24, 2.45) is 11.8 Å². The van der Waals surface area contributed by atoms with Gasteiger partial charge in [-0.1, -0.05) is 136 Å². The van der Waals surface area contributed by atoms with E-state index in [2.05, 4.69) is 13.8 Å². The molecule has 0 heterocycles. The first-order valence-corrected chi connectivity index (χ1v) is 11.4. The highest BCUT2D eigenvalue weighted by molar-refractivity contribution is 4.70. The summed E-state index contributed by atoms with van der Waals surface area (Å²) in [5, 5.41) is 0. The maximum Gasteiger partial charge on any atom is -0.0414 e. The fourth-order valence-electron chi connectivity index (χ4n) is 4.15. The lowest BCUT2D eigenvalue weighted by molar-refractivity contribution is 0.279. The molecule has 0 aliphatic heterocycles. The number of hydrogen-bond donors (Lipinski definition) is 0. The Morgan fingerprint density at radius 1 is 0.609 bits per heavy atom. The summed E-state index contributed by atoms with van der Waals surface area (Å²) in [6, 6.07) is 0. The summed E-state index contributed by atoms with van der Waals surface area (Å²) in [5.74, 6) is 2.18. The summed E-state index contributed by atoms with van der Waals surface area (Å²) in [6.07, 6.45) is 28.3. The predicted molar refractivity (Wildman–Crippen MR) is 106 cm³/mol. The fraction of sp³-hybridized carbons (Fsp3) is 1.00. The summed E-state index contributed by atoms with van der Waals surface area (Å²) >= 11 is 0. The van der Waals surface area contributed by atoms with Crippen LogP contribution in [-0.4, -0.2) is 0 Å². The van der Waals surface area contributed by atoms with Crippen LogP contribution < -0.4 is 0 Å². The van der Waals surface area contributed by atoms with Gasteiger partial charge >= 0.3 is 0 Å². The van der Waals surface area contributed by atoms with Crippen molar-refractivity contribution in [2.45, 2.75) is 136 Å². The van der Waals surface area contributed by atoms with E-state index in [1.165, 1.54) is 116 Å². The molecule has 0 radical (unpaired) electrons. The first kappa shape index (κ1) is 21.0. The molecule has 0 amide bonds. The fourth-order valence-corrected chi connectivity index (χ4v) is 4.15. The summed E-state index contributed by atoms with van der Waals surface area (Å²) in [6.45, 7) is 4.65. The molecule has 23 heavy (non-hydrogen) atoms. The Balaban J connectivity index is 2.01. The van der Waals surface area contributed by atoms with E-state index in [1.54, 1.807) is 6.42 Å².